The number of likely N-dealkylation sites (tertiary alicyclic amines) is 1. The van der Waals surface area contributed by atoms with Gasteiger partial charge in [0.2, 0.25) is 0 Å². The number of hydrogen-bond acceptors (Lipinski definition) is 2. The van der Waals surface area contributed by atoms with Crippen LogP contribution in [-0.4, -0.2) is 52.9 Å². The molecule has 23 heavy (non-hydrogen) atoms. The minimum atomic E-state index is 0.133. The lowest BCUT2D eigenvalue weighted by atomic mass is 10.1. The number of nitrogens with one attached hydrogen (secondary N) is 1. The van der Waals surface area contributed by atoms with Crippen LogP contribution in [0.15, 0.2) is 42.5 Å². The molecule has 3 heterocycles. The van der Waals surface area contributed by atoms with Crippen molar-refractivity contribution in [2.75, 3.05) is 20.1 Å². The molecule has 4 heteroatoms. The van der Waals surface area contributed by atoms with Crippen LogP contribution in [0.2, 0.25) is 0 Å². The van der Waals surface area contributed by atoms with Crippen molar-refractivity contribution >= 4 is 5.91 Å². The molecule has 1 N–H and O–H groups in total. The first-order valence-corrected chi connectivity index (χ1v) is 8.48. The third-order valence-corrected chi connectivity index (χ3v) is 5.44. The van der Waals surface area contributed by atoms with E-state index in [-0.39, 0.29) is 5.91 Å². The summed E-state index contributed by atoms with van der Waals surface area (Å²) in [5.74, 6) is 0.133. The van der Waals surface area contributed by atoms with Gasteiger partial charge in [-0.3, -0.25) is 9.69 Å². The van der Waals surface area contributed by atoms with Crippen LogP contribution in [0.1, 0.15) is 29.8 Å². The number of likely N-dealkylation sites (N-methyl/N-ethyl adjacent to an activating group) is 1. The molecule has 2 aromatic rings. The zero-order valence-corrected chi connectivity index (χ0v) is 13.5. The number of fused-ring (bicyclic) bond motifs is 2. The second-order valence-electron chi connectivity index (χ2n) is 6.74. The van der Waals surface area contributed by atoms with Crippen molar-refractivity contribution in [3.8, 4) is 11.3 Å². The minimum Gasteiger partial charge on any atom is -0.351 e. The number of hydrogen-bond donors (Lipinski definition) is 1. The quantitative estimate of drug-likeness (QED) is 0.926. The highest BCUT2D eigenvalue weighted by Crippen LogP contribution is 2.29. The fourth-order valence-corrected chi connectivity index (χ4v) is 3.97. The summed E-state index contributed by atoms with van der Waals surface area (Å²) in [4.78, 5) is 20.7. The van der Waals surface area contributed by atoms with E-state index in [9.17, 15) is 4.79 Å². The number of nitrogens with zero attached hydrogens (tertiary/aromatic N) is 2. The topological polar surface area (TPSA) is 39.3 Å². The molecule has 2 aliphatic heterocycles. The average Bonchev–Trinajstić information content (AvgIpc) is 3.13. The SMILES string of the molecule is CN1[C@H]2CC[C@@H]1CN(C(=O)c1ccc(-c3ccccc3)[nH]1)CC2. The second-order valence-corrected chi connectivity index (χ2v) is 6.74. The van der Waals surface area contributed by atoms with Gasteiger partial charge in [-0.1, -0.05) is 30.3 Å². The van der Waals surface area contributed by atoms with Gasteiger partial charge in [0, 0.05) is 30.9 Å². The molecule has 2 bridgehead atoms. The summed E-state index contributed by atoms with van der Waals surface area (Å²) in [5.41, 5.74) is 2.81. The fraction of sp³-hybridized carbons (Fsp3) is 0.421. The van der Waals surface area contributed by atoms with Crippen LogP contribution in [-0.2, 0) is 0 Å². The summed E-state index contributed by atoms with van der Waals surface area (Å²) in [6.45, 7) is 1.72. The Balaban J connectivity index is 1.52. The highest BCUT2D eigenvalue weighted by Gasteiger charge is 2.36. The van der Waals surface area contributed by atoms with E-state index in [1.54, 1.807) is 0 Å². The third kappa shape index (κ3) is 2.68. The maximum absolute atomic E-state index is 12.9. The lowest BCUT2D eigenvalue weighted by molar-refractivity contribution is 0.0735. The first-order valence-electron chi connectivity index (χ1n) is 8.48. The molecule has 2 aliphatic rings. The van der Waals surface area contributed by atoms with Gasteiger partial charge in [-0.2, -0.15) is 0 Å². The zero-order valence-electron chi connectivity index (χ0n) is 13.5. The van der Waals surface area contributed by atoms with Crippen molar-refractivity contribution in [3.63, 3.8) is 0 Å². The van der Waals surface area contributed by atoms with Crippen molar-refractivity contribution < 1.29 is 4.79 Å². The molecule has 0 spiro atoms. The maximum atomic E-state index is 12.9. The van der Waals surface area contributed by atoms with E-state index >= 15 is 0 Å². The Morgan fingerprint density at radius 3 is 2.65 bits per heavy atom. The van der Waals surface area contributed by atoms with Crippen LogP contribution in [0, 0.1) is 0 Å². The molecule has 1 aromatic heterocycles. The van der Waals surface area contributed by atoms with E-state index in [2.05, 4.69) is 29.1 Å². The van der Waals surface area contributed by atoms with Gasteiger partial charge in [-0.05, 0) is 44.0 Å². The third-order valence-electron chi connectivity index (χ3n) is 5.44. The summed E-state index contributed by atoms with van der Waals surface area (Å²) >= 11 is 0. The monoisotopic (exact) mass is 309 g/mol. The largest absolute Gasteiger partial charge is 0.351 e. The van der Waals surface area contributed by atoms with Gasteiger partial charge in [0.25, 0.3) is 5.91 Å². The second kappa shape index (κ2) is 5.85. The van der Waals surface area contributed by atoms with Crippen LogP contribution >= 0.6 is 0 Å². The van der Waals surface area contributed by atoms with Gasteiger partial charge >= 0.3 is 0 Å². The van der Waals surface area contributed by atoms with Gasteiger partial charge in [0.05, 0.1) is 0 Å². The predicted octanol–water partition coefficient (Wildman–Crippen LogP) is 2.99. The molecule has 2 saturated heterocycles. The Bertz CT molecular complexity index is 694. The molecule has 120 valence electrons. The molecule has 0 radical (unpaired) electrons. The Hall–Kier alpha value is -2.07. The van der Waals surface area contributed by atoms with Crippen LogP contribution in [0.5, 0.6) is 0 Å². The molecule has 1 aromatic carbocycles. The number of aromatic amines is 1. The lowest BCUT2D eigenvalue weighted by Crippen LogP contribution is -2.39. The van der Waals surface area contributed by atoms with Gasteiger partial charge in [-0.25, -0.2) is 0 Å². The number of amides is 1. The Morgan fingerprint density at radius 1 is 1.04 bits per heavy atom. The normalized spacial score (nSPS) is 24.7. The molecule has 0 saturated carbocycles. The lowest BCUT2D eigenvalue weighted by Gasteiger charge is -2.25. The Morgan fingerprint density at radius 2 is 1.83 bits per heavy atom. The zero-order chi connectivity index (χ0) is 15.8. The molecular weight excluding hydrogens is 286 g/mol. The van der Waals surface area contributed by atoms with Gasteiger partial charge < -0.3 is 9.88 Å². The molecule has 0 aliphatic carbocycles. The van der Waals surface area contributed by atoms with Crippen molar-refractivity contribution in [1.82, 2.24) is 14.8 Å². The number of H-pyrrole nitrogens is 1. The number of rotatable bonds is 2. The van der Waals surface area contributed by atoms with Gasteiger partial charge in [0.1, 0.15) is 5.69 Å². The van der Waals surface area contributed by atoms with Crippen molar-refractivity contribution in [2.24, 2.45) is 0 Å². The molecule has 0 unspecified atom stereocenters. The number of carbonyl (C=O) groups excluding carboxylic acids is 1. The van der Waals surface area contributed by atoms with E-state index in [4.69, 9.17) is 0 Å². The number of carbonyl (C=O) groups is 1. The number of aromatic nitrogens is 1. The standard InChI is InChI=1S/C19H23N3O/c1-21-15-7-8-16(21)13-22(12-11-15)19(23)18-10-9-17(20-18)14-5-3-2-4-6-14/h2-6,9-10,15-16,20H,7-8,11-13H2,1H3/t15-,16+/m0/s1. The first-order chi connectivity index (χ1) is 11.2. The Kier molecular flexibility index (Phi) is 3.69. The molecule has 4 nitrogen and oxygen atoms in total. The van der Waals surface area contributed by atoms with E-state index < -0.39 is 0 Å². The van der Waals surface area contributed by atoms with Gasteiger partial charge in [-0.15, -0.1) is 0 Å². The summed E-state index contributed by atoms with van der Waals surface area (Å²) < 4.78 is 0. The van der Waals surface area contributed by atoms with Crippen molar-refractivity contribution in [3.05, 3.63) is 48.2 Å². The minimum absolute atomic E-state index is 0.133. The van der Waals surface area contributed by atoms with Crippen LogP contribution in [0.25, 0.3) is 11.3 Å². The summed E-state index contributed by atoms with van der Waals surface area (Å²) in [5, 5.41) is 0. The average molecular weight is 309 g/mol. The predicted molar refractivity (Wildman–Crippen MR) is 91.3 cm³/mol. The molecular formula is C19H23N3O. The summed E-state index contributed by atoms with van der Waals surface area (Å²) in [6.07, 6.45) is 3.58. The molecule has 2 fully saturated rings. The molecule has 1 amide bonds. The van der Waals surface area contributed by atoms with E-state index in [0.717, 1.165) is 30.8 Å². The smallest absolute Gasteiger partial charge is 0.270 e. The van der Waals surface area contributed by atoms with E-state index in [1.807, 2.05) is 35.2 Å². The first kappa shape index (κ1) is 14.5. The van der Waals surface area contributed by atoms with Crippen LogP contribution < -0.4 is 0 Å². The summed E-state index contributed by atoms with van der Waals surface area (Å²) in [6, 6.07) is 15.2. The summed E-state index contributed by atoms with van der Waals surface area (Å²) in [7, 11) is 2.21. The molecule has 2 atom stereocenters. The molecule has 4 rings (SSSR count). The Labute approximate surface area is 137 Å². The highest BCUT2D eigenvalue weighted by molar-refractivity contribution is 5.93. The van der Waals surface area contributed by atoms with Crippen molar-refractivity contribution in [2.45, 2.75) is 31.3 Å². The van der Waals surface area contributed by atoms with Gasteiger partial charge in [0.15, 0.2) is 0 Å². The van der Waals surface area contributed by atoms with E-state index in [0.29, 0.717) is 17.8 Å². The van der Waals surface area contributed by atoms with Crippen LogP contribution in [0.4, 0.5) is 0 Å². The van der Waals surface area contributed by atoms with E-state index in [1.165, 1.54) is 12.8 Å². The number of benzene rings is 1. The fourth-order valence-electron chi connectivity index (χ4n) is 3.97. The maximum Gasteiger partial charge on any atom is 0.270 e. The van der Waals surface area contributed by atoms with Crippen molar-refractivity contribution in [1.29, 1.82) is 0 Å². The van der Waals surface area contributed by atoms with Crippen LogP contribution in [0.3, 0.4) is 0 Å². The highest BCUT2D eigenvalue weighted by atomic mass is 16.2.